The SMILES string of the molecule is O=C1CCN(C(=O)CSc2ccc(C(F)(F)F)cn2)CC1. The van der Waals surface area contributed by atoms with Crippen molar-refractivity contribution in [1.29, 1.82) is 0 Å². The van der Waals surface area contributed by atoms with Crippen LogP contribution < -0.4 is 0 Å². The number of carbonyl (C=O) groups is 2. The van der Waals surface area contributed by atoms with Gasteiger partial charge in [0.1, 0.15) is 5.78 Å². The van der Waals surface area contributed by atoms with Crippen LogP contribution in [0.5, 0.6) is 0 Å². The van der Waals surface area contributed by atoms with E-state index < -0.39 is 11.7 Å². The zero-order valence-corrected chi connectivity index (χ0v) is 11.8. The van der Waals surface area contributed by atoms with E-state index in [0.29, 0.717) is 31.0 Å². The van der Waals surface area contributed by atoms with Gasteiger partial charge in [0.15, 0.2) is 0 Å². The highest BCUT2D eigenvalue weighted by atomic mass is 32.2. The van der Waals surface area contributed by atoms with Gasteiger partial charge in [-0.1, -0.05) is 11.8 Å². The number of amides is 1. The zero-order chi connectivity index (χ0) is 15.5. The highest BCUT2D eigenvalue weighted by molar-refractivity contribution is 7.99. The maximum absolute atomic E-state index is 12.4. The molecule has 1 aliphatic heterocycles. The predicted octanol–water partition coefficient (Wildman–Crippen LogP) is 2.38. The van der Waals surface area contributed by atoms with Gasteiger partial charge in [-0.3, -0.25) is 9.59 Å². The third-order valence-electron chi connectivity index (χ3n) is 3.08. The summed E-state index contributed by atoms with van der Waals surface area (Å²) in [6.07, 6.45) is -2.91. The molecule has 0 saturated carbocycles. The maximum atomic E-state index is 12.4. The molecule has 2 heterocycles. The summed E-state index contributed by atoms with van der Waals surface area (Å²) < 4.78 is 37.1. The Labute approximate surface area is 123 Å². The first kappa shape index (κ1) is 15.8. The van der Waals surface area contributed by atoms with Crippen LogP contribution in [-0.4, -0.2) is 40.4 Å². The summed E-state index contributed by atoms with van der Waals surface area (Å²) >= 11 is 1.09. The second-order valence-corrected chi connectivity index (χ2v) is 5.59. The fourth-order valence-corrected chi connectivity index (χ4v) is 2.61. The minimum Gasteiger partial charge on any atom is -0.341 e. The van der Waals surface area contributed by atoms with Gasteiger partial charge >= 0.3 is 6.18 Å². The number of rotatable bonds is 3. The Balaban J connectivity index is 1.85. The van der Waals surface area contributed by atoms with E-state index in [0.717, 1.165) is 24.0 Å². The minimum absolute atomic E-state index is 0.104. The van der Waals surface area contributed by atoms with E-state index in [1.165, 1.54) is 6.07 Å². The van der Waals surface area contributed by atoms with Gasteiger partial charge in [-0.2, -0.15) is 13.2 Å². The van der Waals surface area contributed by atoms with Crippen LogP contribution in [0.25, 0.3) is 0 Å². The lowest BCUT2D eigenvalue weighted by Crippen LogP contribution is -2.39. The molecule has 114 valence electrons. The van der Waals surface area contributed by atoms with Crippen molar-refractivity contribution in [2.24, 2.45) is 0 Å². The molecule has 21 heavy (non-hydrogen) atoms. The zero-order valence-electron chi connectivity index (χ0n) is 11.0. The van der Waals surface area contributed by atoms with Gasteiger partial charge in [0, 0.05) is 32.1 Å². The number of Topliss-reactive ketones (excluding diaryl/α,β-unsaturated/α-hetero) is 1. The number of nitrogens with zero attached hydrogens (tertiary/aromatic N) is 2. The van der Waals surface area contributed by atoms with Crippen LogP contribution in [-0.2, 0) is 15.8 Å². The van der Waals surface area contributed by atoms with Crippen LogP contribution in [0, 0.1) is 0 Å². The van der Waals surface area contributed by atoms with Crippen molar-refractivity contribution in [3.8, 4) is 0 Å². The van der Waals surface area contributed by atoms with Crippen molar-refractivity contribution < 1.29 is 22.8 Å². The van der Waals surface area contributed by atoms with Crippen LogP contribution in [0.15, 0.2) is 23.4 Å². The number of halogens is 3. The number of hydrogen-bond acceptors (Lipinski definition) is 4. The van der Waals surface area contributed by atoms with Gasteiger partial charge in [0.05, 0.1) is 16.3 Å². The number of likely N-dealkylation sites (tertiary alicyclic amines) is 1. The first-order chi connectivity index (χ1) is 9.86. The van der Waals surface area contributed by atoms with Crippen molar-refractivity contribution in [2.75, 3.05) is 18.8 Å². The first-order valence-corrected chi connectivity index (χ1v) is 7.30. The fraction of sp³-hybridized carbons (Fsp3) is 0.462. The smallest absolute Gasteiger partial charge is 0.341 e. The Hall–Kier alpha value is -1.57. The molecular weight excluding hydrogens is 305 g/mol. The second-order valence-electron chi connectivity index (χ2n) is 4.59. The standard InChI is InChI=1S/C13H13F3N2O2S/c14-13(15,16)9-1-2-11(17-7-9)21-8-12(20)18-5-3-10(19)4-6-18/h1-2,7H,3-6,8H2. The van der Waals surface area contributed by atoms with E-state index in [2.05, 4.69) is 4.98 Å². The minimum atomic E-state index is -4.41. The lowest BCUT2D eigenvalue weighted by atomic mass is 10.1. The van der Waals surface area contributed by atoms with Crippen molar-refractivity contribution in [3.63, 3.8) is 0 Å². The highest BCUT2D eigenvalue weighted by Gasteiger charge is 2.30. The molecule has 1 amide bonds. The molecule has 8 heteroatoms. The molecule has 1 aliphatic rings. The number of alkyl halides is 3. The van der Waals surface area contributed by atoms with Gasteiger partial charge in [0.2, 0.25) is 5.91 Å². The largest absolute Gasteiger partial charge is 0.417 e. The molecule has 0 aromatic carbocycles. The molecule has 4 nitrogen and oxygen atoms in total. The molecule has 1 aromatic rings. The van der Waals surface area contributed by atoms with Crippen molar-refractivity contribution >= 4 is 23.5 Å². The third kappa shape index (κ3) is 4.45. The Morgan fingerprint density at radius 1 is 1.29 bits per heavy atom. The van der Waals surface area contributed by atoms with Crippen LogP contribution in [0.2, 0.25) is 0 Å². The average Bonchev–Trinajstić information content (AvgIpc) is 2.45. The molecule has 0 radical (unpaired) electrons. The van der Waals surface area contributed by atoms with E-state index in [-0.39, 0.29) is 17.4 Å². The lowest BCUT2D eigenvalue weighted by Gasteiger charge is -2.25. The first-order valence-electron chi connectivity index (χ1n) is 6.32. The normalized spacial score (nSPS) is 16.1. The Morgan fingerprint density at radius 3 is 2.48 bits per heavy atom. The van der Waals surface area contributed by atoms with Crippen LogP contribution in [0.4, 0.5) is 13.2 Å². The van der Waals surface area contributed by atoms with Gasteiger partial charge in [-0.05, 0) is 12.1 Å². The molecule has 1 aromatic heterocycles. The monoisotopic (exact) mass is 318 g/mol. The van der Waals surface area contributed by atoms with Gasteiger partial charge in [-0.25, -0.2) is 4.98 Å². The summed E-state index contributed by atoms with van der Waals surface area (Å²) in [4.78, 5) is 28.3. The lowest BCUT2D eigenvalue weighted by molar-refractivity contribution is -0.138. The Bertz CT molecular complexity index is 521. The Morgan fingerprint density at radius 2 is 1.95 bits per heavy atom. The van der Waals surface area contributed by atoms with Gasteiger partial charge < -0.3 is 4.90 Å². The topological polar surface area (TPSA) is 50.3 Å². The number of aromatic nitrogens is 1. The number of thioether (sulfide) groups is 1. The number of hydrogen-bond donors (Lipinski definition) is 0. The maximum Gasteiger partial charge on any atom is 0.417 e. The molecule has 0 bridgehead atoms. The summed E-state index contributed by atoms with van der Waals surface area (Å²) in [6.45, 7) is 0.831. The van der Waals surface area contributed by atoms with Crippen molar-refractivity contribution in [2.45, 2.75) is 24.0 Å². The molecule has 1 fully saturated rings. The van der Waals surface area contributed by atoms with E-state index in [4.69, 9.17) is 0 Å². The summed E-state index contributed by atoms with van der Waals surface area (Å²) in [5.74, 6) is 0.123. The van der Waals surface area contributed by atoms with E-state index in [1.807, 2.05) is 0 Å². The van der Waals surface area contributed by atoms with E-state index in [1.54, 1.807) is 4.90 Å². The van der Waals surface area contributed by atoms with Crippen LogP contribution in [0.3, 0.4) is 0 Å². The highest BCUT2D eigenvalue weighted by Crippen LogP contribution is 2.29. The molecule has 0 spiro atoms. The van der Waals surface area contributed by atoms with E-state index in [9.17, 15) is 22.8 Å². The third-order valence-corrected chi connectivity index (χ3v) is 4.01. The number of pyridine rings is 1. The molecule has 2 rings (SSSR count). The number of piperidine rings is 1. The molecule has 0 N–H and O–H groups in total. The Kier molecular flexibility index (Phi) is 4.87. The van der Waals surface area contributed by atoms with Crippen molar-refractivity contribution in [1.82, 2.24) is 9.88 Å². The summed E-state index contributed by atoms with van der Waals surface area (Å²) in [7, 11) is 0. The average molecular weight is 318 g/mol. The molecular formula is C13H13F3N2O2S. The summed E-state index contributed by atoms with van der Waals surface area (Å²) in [5, 5.41) is 0.365. The van der Waals surface area contributed by atoms with Crippen LogP contribution >= 0.6 is 11.8 Å². The molecule has 1 saturated heterocycles. The van der Waals surface area contributed by atoms with Crippen LogP contribution in [0.1, 0.15) is 18.4 Å². The second kappa shape index (κ2) is 6.46. The van der Waals surface area contributed by atoms with E-state index >= 15 is 0 Å². The summed E-state index contributed by atoms with van der Waals surface area (Å²) in [6, 6.07) is 2.19. The molecule has 0 aliphatic carbocycles. The predicted molar refractivity (Wildman–Crippen MR) is 70.8 cm³/mol. The molecule has 0 unspecified atom stereocenters. The molecule has 0 atom stereocenters. The number of ketones is 1. The summed E-state index contributed by atoms with van der Waals surface area (Å²) in [5.41, 5.74) is -0.812. The fourth-order valence-electron chi connectivity index (χ4n) is 1.87. The van der Waals surface area contributed by atoms with Gasteiger partial charge in [-0.15, -0.1) is 0 Å². The van der Waals surface area contributed by atoms with Crippen molar-refractivity contribution in [3.05, 3.63) is 23.9 Å². The van der Waals surface area contributed by atoms with Gasteiger partial charge in [0.25, 0.3) is 0 Å². The quantitative estimate of drug-likeness (QED) is 0.803. The number of carbonyl (C=O) groups excluding carboxylic acids is 2.